The molecular formula is C7H13N3. The Kier molecular flexibility index (Phi) is 1.59. The Morgan fingerprint density at radius 3 is 3.20 bits per heavy atom. The van der Waals surface area contributed by atoms with Gasteiger partial charge < -0.3 is 10.2 Å². The van der Waals surface area contributed by atoms with Crippen LogP contribution in [0.1, 0.15) is 6.42 Å². The van der Waals surface area contributed by atoms with Gasteiger partial charge in [0, 0.05) is 19.1 Å². The van der Waals surface area contributed by atoms with Gasteiger partial charge in [0.25, 0.3) is 0 Å². The van der Waals surface area contributed by atoms with Crippen molar-refractivity contribution in [1.82, 2.24) is 10.2 Å². The van der Waals surface area contributed by atoms with Crippen LogP contribution in [0.15, 0.2) is 4.99 Å². The lowest BCUT2D eigenvalue weighted by atomic mass is 10.2. The third-order valence-electron chi connectivity index (χ3n) is 2.22. The highest BCUT2D eigenvalue weighted by Crippen LogP contribution is 2.08. The van der Waals surface area contributed by atoms with Crippen LogP contribution in [0.25, 0.3) is 0 Å². The van der Waals surface area contributed by atoms with Crippen molar-refractivity contribution < 1.29 is 0 Å². The van der Waals surface area contributed by atoms with Crippen molar-refractivity contribution in [1.29, 1.82) is 0 Å². The van der Waals surface area contributed by atoms with Gasteiger partial charge in [-0.3, -0.25) is 4.99 Å². The zero-order valence-corrected chi connectivity index (χ0v) is 6.08. The van der Waals surface area contributed by atoms with Crippen molar-refractivity contribution in [3.63, 3.8) is 0 Å². The highest BCUT2D eigenvalue weighted by molar-refractivity contribution is 5.57. The van der Waals surface area contributed by atoms with Gasteiger partial charge in [-0.25, -0.2) is 0 Å². The molecule has 0 aromatic carbocycles. The van der Waals surface area contributed by atoms with E-state index in [0.29, 0.717) is 0 Å². The molecule has 2 rings (SSSR count). The van der Waals surface area contributed by atoms with E-state index in [4.69, 9.17) is 0 Å². The molecule has 0 aromatic heterocycles. The van der Waals surface area contributed by atoms with Gasteiger partial charge in [-0.05, 0) is 13.0 Å². The van der Waals surface area contributed by atoms with Crippen LogP contribution in [-0.2, 0) is 0 Å². The van der Waals surface area contributed by atoms with E-state index >= 15 is 0 Å². The topological polar surface area (TPSA) is 27.6 Å². The van der Waals surface area contributed by atoms with Crippen LogP contribution in [0.3, 0.4) is 0 Å². The Bertz CT molecular complexity index is 138. The third kappa shape index (κ3) is 1.01. The minimum absolute atomic E-state index is 0.728. The second kappa shape index (κ2) is 2.58. The molecule has 0 amide bonds. The van der Waals surface area contributed by atoms with E-state index < -0.39 is 0 Å². The standard InChI is InChI=1S/C7H13N3/c1-2-8-5-7(1)10-4-3-9-6-10/h6-8H,1-5H2. The van der Waals surface area contributed by atoms with Crippen molar-refractivity contribution in [2.75, 3.05) is 26.2 Å². The molecule has 3 heteroatoms. The fraction of sp³-hybridized carbons (Fsp3) is 0.857. The fourth-order valence-electron chi connectivity index (χ4n) is 1.59. The van der Waals surface area contributed by atoms with Crippen molar-refractivity contribution in [3.8, 4) is 0 Å². The highest BCUT2D eigenvalue weighted by Gasteiger charge is 2.21. The Morgan fingerprint density at radius 2 is 2.60 bits per heavy atom. The lowest BCUT2D eigenvalue weighted by Crippen LogP contribution is -2.34. The van der Waals surface area contributed by atoms with Gasteiger partial charge in [0.15, 0.2) is 0 Å². The third-order valence-corrected chi connectivity index (χ3v) is 2.22. The summed E-state index contributed by atoms with van der Waals surface area (Å²) in [5, 5.41) is 3.35. The van der Waals surface area contributed by atoms with E-state index in [0.717, 1.165) is 25.7 Å². The number of rotatable bonds is 1. The molecule has 2 aliphatic rings. The Balaban J connectivity index is 1.91. The average molecular weight is 139 g/mol. The first kappa shape index (κ1) is 6.16. The molecule has 0 aromatic rings. The van der Waals surface area contributed by atoms with Crippen LogP contribution in [0.5, 0.6) is 0 Å². The SMILES string of the molecule is C1=NCCN1C1CCNC1. The van der Waals surface area contributed by atoms with Crippen molar-refractivity contribution in [2.24, 2.45) is 4.99 Å². The summed E-state index contributed by atoms with van der Waals surface area (Å²) in [5.74, 6) is 0. The van der Waals surface area contributed by atoms with Crippen LogP contribution in [0.4, 0.5) is 0 Å². The second-order valence-electron chi connectivity index (χ2n) is 2.91. The summed E-state index contributed by atoms with van der Waals surface area (Å²) in [6.45, 7) is 4.45. The molecule has 10 heavy (non-hydrogen) atoms. The molecule has 0 spiro atoms. The quantitative estimate of drug-likeness (QED) is 0.539. The lowest BCUT2D eigenvalue weighted by Gasteiger charge is -2.20. The van der Waals surface area contributed by atoms with Crippen molar-refractivity contribution >= 4 is 6.34 Å². The molecule has 2 heterocycles. The van der Waals surface area contributed by atoms with Crippen LogP contribution in [0, 0.1) is 0 Å². The van der Waals surface area contributed by atoms with Crippen LogP contribution in [-0.4, -0.2) is 43.5 Å². The number of nitrogens with zero attached hydrogens (tertiary/aromatic N) is 2. The summed E-state index contributed by atoms with van der Waals surface area (Å²) in [6.07, 6.45) is 3.28. The molecule has 0 saturated carbocycles. The normalized spacial score (nSPS) is 32.0. The predicted octanol–water partition coefficient (Wildman–Crippen LogP) is -0.308. The van der Waals surface area contributed by atoms with Crippen molar-refractivity contribution in [3.05, 3.63) is 0 Å². The van der Waals surface area contributed by atoms with E-state index in [2.05, 4.69) is 15.2 Å². The number of hydrogen-bond donors (Lipinski definition) is 1. The minimum Gasteiger partial charge on any atom is -0.357 e. The van der Waals surface area contributed by atoms with E-state index in [9.17, 15) is 0 Å². The smallest absolute Gasteiger partial charge is 0.0854 e. The second-order valence-corrected chi connectivity index (χ2v) is 2.91. The largest absolute Gasteiger partial charge is 0.357 e. The maximum absolute atomic E-state index is 4.18. The summed E-state index contributed by atoms with van der Waals surface area (Å²) in [5.41, 5.74) is 0. The Hall–Kier alpha value is -0.570. The Morgan fingerprint density at radius 1 is 1.60 bits per heavy atom. The van der Waals surface area contributed by atoms with E-state index in [1.807, 2.05) is 6.34 Å². The average Bonchev–Trinajstić information content (AvgIpc) is 2.59. The lowest BCUT2D eigenvalue weighted by molar-refractivity contribution is 0.364. The summed E-state index contributed by atoms with van der Waals surface area (Å²) >= 11 is 0. The molecule has 1 fully saturated rings. The van der Waals surface area contributed by atoms with Crippen LogP contribution < -0.4 is 5.32 Å². The monoisotopic (exact) mass is 139 g/mol. The summed E-state index contributed by atoms with van der Waals surface area (Å²) in [6, 6.07) is 0.728. The van der Waals surface area contributed by atoms with Gasteiger partial charge in [-0.1, -0.05) is 0 Å². The number of aliphatic imine (C=N–C) groups is 1. The van der Waals surface area contributed by atoms with E-state index in [-0.39, 0.29) is 0 Å². The minimum atomic E-state index is 0.728. The highest BCUT2D eigenvalue weighted by atomic mass is 15.2. The van der Waals surface area contributed by atoms with E-state index in [1.165, 1.54) is 13.0 Å². The maximum Gasteiger partial charge on any atom is 0.0854 e. The first-order valence-corrected chi connectivity index (χ1v) is 3.93. The molecule has 1 N–H and O–H groups in total. The molecule has 3 nitrogen and oxygen atoms in total. The molecule has 0 aliphatic carbocycles. The zero-order chi connectivity index (χ0) is 6.81. The molecule has 56 valence electrons. The van der Waals surface area contributed by atoms with Gasteiger partial charge in [-0.2, -0.15) is 0 Å². The summed E-state index contributed by atoms with van der Waals surface area (Å²) in [4.78, 5) is 6.53. The van der Waals surface area contributed by atoms with Gasteiger partial charge in [-0.15, -0.1) is 0 Å². The van der Waals surface area contributed by atoms with Crippen LogP contribution >= 0.6 is 0 Å². The van der Waals surface area contributed by atoms with Gasteiger partial charge in [0.2, 0.25) is 0 Å². The molecule has 1 atom stereocenters. The molecule has 0 bridgehead atoms. The summed E-state index contributed by atoms with van der Waals surface area (Å²) < 4.78 is 0. The molecule has 2 aliphatic heterocycles. The molecule has 1 saturated heterocycles. The van der Waals surface area contributed by atoms with E-state index in [1.54, 1.807) is 0 Å². The zero-order valence-electron chi connectivity index (χ0n) is 6.08. The molecule has 0 radical (unpaired) electrons. The first-order chi connectivity index (χ1) is 4.97. The molecule has 1 unspecified atom stereocenters. The van der Waals surface area contributed by atoms with Crippen LogP contribution in [0.2, 0.25) is 0 Å². The van der Waals surface area contributed by atoms with Crippen molar-refractivity contribution in [2.45, 2.75) is 12.5 Å². The maximum atomic E-state index is 4.18. The first-order valence-electron chi connectivity index (χ1n) is 3.93. The number of hydrogen-bond acceptors (Lipinski definition) is 3. The van der Waals surface area contributed by atoms with Gasteiger partial charge >= 0.3 is 0 Å². The Labute approximate surface area is 61.1 Å². The van der Waals surface area contributed by atoms with Gasteiger partial charge in [0.1, 0.15) is 0 Å². The molecular weight excluding hydrogens is 126 g/mol. The number of nitrogens with one attached hydrogen (secondary N) is 1. The van der Waals surface area contributed by atoms with Gasteiger partial charge in [0.05, 0.1) is 12.9 Å². The predicted molar refractivity (Wildman–Crippen MR) is 41.3 cm³/mol. The fourth-order valence-corrected chi connectivity index (χ4v) is 1.59. The summed E-state index contributed by atoms with van der Waals surface area (Å²) in [7, 11) is 0.